The number of piperidine rings is 2. The van der Waals surface area contributed by atoms with Crippen LogP contribution in [0.1, 0.15) is 92.6 Å². The van der Waals surface area contributed by atoms with Gasteiger partial charge in [-0.3, -0.25) is 34.3 Å². The second-order valence-electron chi connectivity index (χ2n) is 18.6. The van der Waals surface area contributed by atoms with Crippen molar-refractivity contribution in [3.8, 4) is 5.75 Å². The number of nitrogens with one attached hydrogen (secondary N) is 5. The zero-order valence-electron chi connectivity index (χ0n) is 41.9. The van der Waals surface area contributed by atoms with E-state index in [0.29, 0.717) is 93.2 Å². The maximum atomic E-state index is 13.1. The lowest BCUT2D eigenvalue weighted by Gasteiger charge is -2.32. The molecule has 0 bridgehead atoms. The summed E-state index contributed by atoms with van der Waals surface area (Å²) in [4.78, 5) is 62.4. The number of sulfone groups is 1. The van der Waals surface area contributed by atoms with Gasteiger partial charge in [0.1, 0.15) is 16.8 Å². The molecule has 73 heavy (non-hydrogen) atoms. The number of likely N-dealkylation sites (tertiary alicyclic amines) is 1. The molecule has 3 aliphatic heterocycles. The number of hydrogen-bond acceptors (Lipinski definition) is 17. The lowest BCUT2D eigenvalue weighted by molar-refractivity contribution is -0.139. The van der Waals surface area contributed by atoms with E-state index in [1.807, 2.05) is 19.9 Å². The van der Waals surface area contributed by atoms with Crippen LogP contribution >= 0.6 is 11.6 Å². The molecule has 7 rings (SSSR count). The lowest BCUT2D eigenvalue weighted by atomic mass is 9.86. The Labute approximate surface area is 431 Å². The topological polar surface area (TPSA) is 252 Å². The largest absolute Gasteiger partial charge is 0.489 e. The van der Waals surface area contributed by atoms with E-state index >= 15 is 0 Å². The van der Waals surface area contributed by atoms with E-state index < -0.39 is 45.1 Å². The fourth-order valence-electron chi connectivity index (χ4n) is 8.98. The van der Waals surface area contributed by atoms with E-state index in [4.69, 9.17) is 30.5 Å². The van der Waals surface area contributed by atoms with Gasteiger partial charge in [-0.25, -0.2) is 13.4 Å². The summed E-state index contributed by atoms with van der Waals surface area (Å²) >= 11 is 6.51. The average molecular weight is 1050 g/mol. The molecule has 1 aromatic heterocycles. The van der Waals surface area contributed by atoms with E-state index in [2.05, 4.69) is 54.4 Å². The number of anilines is 5. The monoisotopic (exact) mass is 1050 g/mol. The number of para-hydroxylation sites is 1. The Hall–Kier alpha value is -5.94. The molecule has 0 saturated carbocycles. The minimum atomic E-state index is -3.59. The van der Waals surface area contributed by atoms with Crippen molar-refractivity contribution in [3.05, 3.63) is 88.1 Å². The molecule has 3 aromatic carbocycles. The maximum Gasteiger partial charge on any atom is 0.257 e. The Balaban J connectivity index is 0.771. The van der Waals surface area contributed by atoms with Gasteiger partial charge >= 0.3 is 0 Å². The first-order valence-corrected chi connectivity index (χ1v) is 26.6. The molecule has 0 radical (unpaired) electrons. The van der Waals surface area contributed by atoms with Crippen LogP contribution in [-0.2, 0) is 38.4 Å². The van der Waals surface area contributed by atoms with Crippen LogP contribution in [0.15, 0.2) is 65.7 Å². The Bertz CT molecular complexity index is 2720. The standard InChI is InChI=1S/C51H66ClN9O11S/c1-31(2)72-42-28-36(33(5)27-40(42)57-51-55-29-37(52)47(59-51)56-38-10-6-7-12-43(38)73(67,68)32(3)4)34-15-19-60(20-16-34)30-45(63)54-18-22-70-24-26-71-25-23-69-21-17-53-39-11-8-9-35-46(39)50(66)61(49(35)65)41-13-14-44(62)58-48(41)64/h6-12,27-29,31-32,34,41,50,53,66H,13-26,30H2,1-5H3,(H,54,63)(H,58,62,64)(H2,55,56,57,59). The summed E-state index contributed by atoms with van der Waals surface area (Å²) < 4.78 is 49.4. The predicted molar refractivity (Wildman–Crippen MR) is 275 cm³/mol. The number of ether oxygens (including phenoxy) is 4. The van der Waals surface area contributed by atoms with Crippen molar-refractivity contribution < 1.29 is 51.6 Å². The van der Waals surface area contributed by atoms with Crippen LogP contribution in [-0.4, -0.2) is 147 Å². The van der Waals surface area contributed by atoms with E-state index in [0.717, 1.165) is 36.4 Å². The highest BCUT2D eigenvalue weighted by atomic mass is 35.5. The minimum absolute atomic E-state index is 0.0627. The first-order chi connectivity index (χ1) is 35.0. The first-order valence-electron chi connectivity index (χ1n) is 24.7. The number of hydrogen-bond donors (Lipinski definition) is 6. The number of nitrogens with zero attached hydrogens (tertiary/aromatic N) is 4. The van der Waals surface area contributed by atoms with Crippen molar-refractivity contribution in [2.75, 3.05) is 88.3 Å². The molecule has 4 aromatic rings. The Morgan fingerprint density at radius 2 is 1.56 bits per heavy atom. The summed E-state index contributed by atoms with van der Waals surface area (Å²) in [6.07, 6.45) is 1.98. The SMILES string of the molecule is Cc1cc(Nc2ncc(Cl)c(Nc3ccccc3S(=O)(=O)C(C)C)n2)c(OC(C)C)cc1C1CCN(CC(=O)NCCOCCOCCOCCNc2cccc3c2C(O)N(C2CCC(=O)NC2=O)C3=O)CC1. The van der Waals surface area contributed by atoms with E-state index in [-0.39, 0.29) is 52.5 Å². The third-order valence-corrected chi connectivity index (χ3v) is 15.2. The van der Waals surface area contributed by atoms with Crippen LogP contribution < -0.4 is 31.3 Å². The molecule has 20 nitrogen and oxygen atoms in total. The van der Waals surface area contributed by atoms with Crippen LogP contribution in [0.25, 0.3) is 0 Å². The molecule has 394 valence electrons. The highest BCUT2D eigenvalue weighted by Gasteiger charge is 2.45. The fourth-order valence-corrected chi connectivity index (χ4v) is 10.3. The highest BCUT2D eigenvalue weighted by Crippen LogP contribution is 2.41. The van der Waals surface area contributed by atoms with Gasteiger partial charge in [0.15, 0.2) is 21.9 Å². The smallest absolute Gasteiger partial charge is 0.257 e. The minimum Gasteiger partial charge on any atom is -0.489 e. The first kappa shape index (κ1) is 54.8. The summed E-state index contributed by atoms with van der Waals surface area (Å²) in [5.74, 6) is -0.131. The average Bonchev–Trinajstić information content (AvgIpc) is 3.61. The van der Waals surface area contributed by atoms with E-state index in [9.17, 15) is 32.7 Å². The zero-order chi connectivity index (χ0) is 52.2. The van der Waals surface area contributed by atoms with E-state index in [1.54, 1.807) is 56.3 Å². The Morgan fingerprint density at radius 1 is 0.877 bits per heavy atom. The number of aryl methyl sites for hydroxylation is 1. The number of fused-ring (bicyclic) bond motifs is 1. The number of aliphatic hydroxyl groups excluding tert-OH is 1. The number of halogens is 1. The number of benzene rings is 3. The summed E-state index contributed by atoms with van der Waals surface area (Å²) in [6.45, 7) is 13.9. The number of aromatic nitrogens is 2. The van der Waals surface area contributed by atoms with Crippen LogP contribution in [0.4, 0.5) is 28.8 Å². The Morgan fingerprint density at radius 3 is 2.26 bits per heavy atom. The number of aliphatic hydroxyl groups is 1. The van der Waals surface area contributed by atoms with Gasteiger partial charge in [0.2, 0.25) is 23.7 Å². The van der Waals surface area contributed by atoms with Gasteiger partial charge in [0, 0.05) is 36.3 Å². The van der Waals surface area contributed by atoms with Crippen molar-refractivity contribution in [2.24, 2.45) is 0 Å². The molecule has 4 amide bonds. The van der Waals surface area contributed by atoms with Crippen molar-refractivity contribution in [2.45, 2.75) is 94.7 Å². The van der Waals surface area contributed by atoms with Crippen LogP contribution in [0.5, 0.6) is 5.75 Å². The van der Waals surface area contributed by atoms with Crippen LogP contribution in [0, 0.1) is 6.92 Å². The van der Waals surface area contributed by atoms with Gasteiger partial charge in [0.25, 0.3) is 5.91 Å². The molecule has 22 heteroatoms. The molecule has 4 heterocycles. The molecule has 2 fully saturated rings. The maximum absolute atomic E-state index is 13.1. The summed E-state index contributed by atoms with van der Waals surface area (Å²) in [5, 5.41) is 25.4. The molecule has 0 aliphatic carbocycles. The summed E-state index contributed by atoms with van der Waals surface area (Å²) in [7, 11) is -3.59. The molecule has 2 unspecified atom stereocenters. The molecule has 2 atom stereocenters. The lowest BCUT2D eigenvalue weighted by Crippen LogP contribution is -2.53. The molecule has 3 aliphatic rings. The van der Waals surface area contributed by atoms with Gasteiger partial charge in [0.05, 0.1) is 80.0 Å². The van der Waals surface area contributed by atoms with Gasteiger partial charge in [-0.15, -0.1) is 0 Å². The molecular formula is C51H66ClN9O11S. The molecule has 0 spiro atoms. The quantitative estimate of drug-likeness (QED) is 0.0349. The fraction of sp³-hybridized carbons (Fsp3) is 0.490. The van der Waals surface area contributed by atoms with Crippen LogP contribution in [0.3, 0.4) is 0 Å². The third-order valence-electron chi connectivity index (χ3n) is 12.7. The van der Waals surface area contributed by atoms with Gasteiger partial charge in [-0.05, 0) is 120 Å². The highest BCUT2D eigenvalue weighted by molar-refractivity contribution is 7.92. The van der Waals surface area contributed by atoms with Crippen molar-refractivity contribution >= 4 is 73.9 Å². The van der Waals surface area contributed by atoms with E-state index in [1.165, 1.54) is 11.8 Å². The number of amides is 4. The number of imide groups is 1. The third kappa shape index (κ3) is 14.0. The van der Waals surface area contributed by atoms with Crippen molar-refractivity contribution in [3.63, 3.8) is 0 Å². The molecular weight excluding hydrogens is 982 g/mol. The summed E-state index contributed by atoms with van der Waals surface area (Å²) in [5.41, 5.74) is 4.51. The Kier molecular flexibility index (Phi) is 19.0. The second-order valence-corrected chi connectivity index (χ2v) is 21.5. The van der Waals surface area contributed by atoms with Gasteiger partial charge in [-0.2, -0.15) is 4.98 Å². The van der Waals surface area contributed by atoms with Gasteiger partial charge < -0.3 is 45.3 Å². The predicted octanol–water partition coefficient (Wildman–Crippen LogP) is 5.60. The normalized spacial score (nSPS) is 17.5. The number of rotatable bonds is 25. The van der Waals surface area contributed by atoms with Crippen molar-refractivity contribution in [1.82, 2.24) is 30.4 Å². The molecule has 6 N–H and O–H groups in total. The van der Waals surface area contributed by atoms with Gasteiger partial charge in [-0.1, -0.05) is 29.8 Å². The van der Waals surface area contributed by atoms with Crippen molar-refractivity contribution in [1.29, 1.82) is 0 Å². The number of carbonyl (C=O) groups excluding carboxylic acids is 4. The van der Waals surface area contributed by atoms with Crippen LogP contribution in [0.2, 0.25) is 5.02 Å². The summed E-state index contributed by atoms with van der Waals surface area (Å²) in [6, 6.07) is 14.9. The zero-order valence-corrected chi connectivity index (χ0v) is 43.4. The molecule has 2 saturated heterocycles. The number of carbonyl (C=O) groups is 4. The second kappa shape index (κ2) is 25.3.